The van der Waals surface area contributed by atoms with Gasteiger partial charge in [-0.3, -0.25) is 14.7 Å². The van der Waals surface area contributed by atoms with Crippen LogP contribution in [0.5, 0.6) is 0 Å². The Morgan fingerprint density at radius 1 is 1.32 bits per heavy atom. The number of piperidine rings is 1. The number of aliphatic imine (C=N–C) groups is 1. The highest BCUT2D eigenvalue weighted by Gasteiger charge is 2.23. The van der Waals surface area contributed by atoms with Gasteiger partial charge in [-0.25, -0.2) is 0 Å². The standard InChI is InChI=1S/C18H37N5O.HI/c1-7-19-18(21-16-9-10-17(24)22(6)13-16)20-11-8-12-23(14(2)3)15(4)5;/h14-16H,7-13H2,1-6H3,(H2,19,20,21);1H. The zero-order valence-corrected chi connectivity index (χ0v) is 19.2. The van der Waals surface area contributed by atoms with E-state index in [1.54, 1.807) is 4.90 Å². The van der Waals surface area contributed by atoms with Gasteiger partial charge in [0.15, 0.2) is 5.96 Å². The van der Waals surface area contributed by atoms with Crippen LogP contribution in [0.1, 0.15) is 53.9 Å². The van der Waals surface area contributed by atoms with Crippen molar-refractivity contribution in [1.82, 2.24) is 20.4 Å². The number of likely N-dealkylation sites (N-methyl/N-ethyl adjacent to an activating group) is 1. The Hall–Kier alpha value is -0.570. The molecule has 0 radical (unpaired) electrons. The van der Waals surface area contributed by atoms with E-state index in [0.717, 1.165) is 45.0 Å². The van der Waals surface area contributed by atoms with E-state index < -0.39 is 0 Å². The maximum absolute atomic E-state index is 11.6. The molecule has 1 aliphatic rings. The third-order valence-corrected chi connectivity index (χ3v) is 4.48. The molecular formula is C18H38IN5O. The van der Waals surface area contributed by atoms with Gasteiger partial charge in [0.2, 0.25) is 5.91 Å². The molecule has 0 saturated carbocycles. The van der Waals surface area contributed by atoms with Gasteiger partial charge in [-0.05, 0) is 47.5 Å². The monoisotopic (exact) mass is 467 g/mol. The van der Waals surface area contributed by atoms with Gasteiger partial charge < -0.3 is 15.5 Å². The van der Waals surface area contributed by atoms with Crippen LogP contribution in [0.4, 0.5) is 0 Å². The number of hydrogen-bond donors (Lipinski definition) is 2. The predicted molar refractivity (Wildman–Crippen MR) is 117 cm³/mol. The third-order valence-electron chi connectivity index (χ3n) is 4.48. The molecule has 0 aromatic carbocycles. The number of rotatable bonds is 8. The summed E-state index contributed by atoms with van der Waals surface area (Å²) in [5.74, 6) is 1.10. The molecule has 1 rings (SSSR count). The quantitative estimate of drug-likeness (QED) is 0.249. The highest BCUT2D eigenvalue weighted by Crippen LogP contribution is 2.09. The number of hydrogen-bond acceptors (Lipinski definition) is 3. The minimum Gasteiger partial charge on any atom is -0.357 e. The summed E-state index contributed by atoms with van der Waals surface area (Å²) in [6.07, 6.45) is 2.55. The molecule has 1 amide bonds. The molecule has 1 saturated heterocycles. The molecular weight excluding hydrogens is 429 g/mol. The topological polar surface area (TPSA) is 60.0 Å². The van der Waals surface area contributed by atoms with Crippen LogP contribution in [0.15, 0.2) is 4.99 Å². The summed E-state index contributed by atoms with van der Waals surface area (Å²) in [6, 6.07) is 1.42. The van der Waals surface area contributed by atoms with Gasteiger partial charge in [0.25, 0.3) is 0 Å². The second-order valence-electron chi connectivity index (χ2n) is 7.19. The fourth-order valence-electron chi connectivity index (χ4n) is 3.20. The molecule has 1 atom stereocenters. The second kappa shape index (κ2) is 12.7. The van der Waals surface area contributed by atoms with Gasteiger partial charge in [0, 0.05) is 57.8 Å². The first-order chi connectivity index (χ1) is 11.3. The Kier molecular flexibility index (Phi) is 12.4. The SMILES string of the molecule is CCNC(=NCCCN(C(C)C)C(C)C)NC1CCC(=O)N(C)C1.I. The summed E-state index contributed by atoms with van der Waals surface area (Å²) in [7, 11) is 1.87. The van der Waals surface area contributed by atoms with Crippen molar-refractivity contribution in [3.05, 3.63) is 0 Å². The van der Waals surface area contributed by atoms with Crippen LogP contribution in [0.25, 0.3) is 0 Å². The molecule has 1 aliphatic heterocycles. The molecule has 6 nitrogen and oxygen atoms in total. The van der Waals surface area contributed by atoms with Crippen LogP contribution in [0.2, 0.25) is 0 Å². The maximum Gasteiger partial charge on any atom is 0.222 e. The molecule has 0 aromatic rings. The minimum atomic E-state index is 0. The van der Waals surface area contributed by atoms with Gasteiger partial charge in [-0.1, -0.05) is 0 Å². The number of nitrogens with zero attached hydrogens (tertiary/aromatic N) is 3. The van der Waals surface area contributed by atoms with E-state index in [9.17, 15) is 4.79 Å². The van der Waals surface area contributed by atoms with Crippen LogP contribution in [-0.2, 0) is 4.79 Å². The number of carbonyl (C=O) groups excluding carboxylic acids is 1. The number of halogens is 1. The van der Waals surface area contributed by atoms with Crippen molar-refractivity contribution in [2.75, 3.05) is 33.2 Å². The number of likely N-dealkylation sites (tertiary alicyclic amines) is 1. The van der Waals surface area contributed by atoms with Gasteiger partial charge in [-0.2, -0.15) is 0 Å². The van der Waals surface area contributed by atoms with Gasteiger partial charge in [-0.15, -0.1) is 24.0 Å². The van der Waals surface area contributed by atoms with E-state index in [2.05, 4.69) is 50.2 Å². The first-order valence-corrected chi connectivity index (χ1v) is 9.39. The van der Waals surface area contributed by atoms with Crippen molar-refractivity contribution < 1.29 is 4.79 Å². The van der Waals surface area contributed by atoms with Crippen LogP contribution in [0, 0.1) is 0 Å². The van der Waals surface area contributed by atoms with Gasteiger partial charge in [0.1, 0.15) is 0 Å². The van der Waals surface area contributed by atoms with Gasteiger partial charge >= 0.3 is 0 Å². The molecule has 25 heavy (non-hydrogen) atoms. The fraction of sp³-hybridized carbons (Fsp3) is 0.889. The average molecular weight is 467 g/mol. The van der Waals surface area contributed by atoms with Gasteiger partial charge in [0.05, 0.1) is 0 Å². The zero-order chi connectivity index (χ0) is 18.1. The summed E-state index contributed by atoms with van der Waals surface area (Å²) in [4.78, 5) is 20.6. The Labute approximate surface area is 171 Å². The van der Waals surface area contributed by atoms with Crippen molar-refractivity contribution in [3.63, 3.8) is 0 Å². The molecule has 7 heteroatoms. The molecule has 0 spiro atoms. The summed E-state index contributed by atoms with van der Waals surface area (Å²) in [5, 5.41) is 6.78. The molecule has 0 bridgehead atoms. The lowest BCUT2D eigenvalue weighted by Crippen LogP contribution is -2.51. The first-order valence-electron chi connectivity index (χ1n) is 9.39. The number of carbonyl (C=O) groups is 1. The van der Waals surface area contributed by atoms with E-state index >= 15 is 0 Å². The molecule has 1 unspecified atom stereocenters. The number of nitrogens with one attached hydrogen (secondary N) is 2. The average Bonchev–Trinajstić information content (AvgIpc) is 2.50. The summed E-state index contributed by atoms with van der Waals surface area (Å²) >= 11 is 0. The normalized spacial score (nSPS) is 18.8. The number of guanidine groups is 1. The summed E-state index contributed by atoms with van der Waals surface area (Å²) < 4.78 is 0. The third kappa shape index (κ3) is 9.08. The molecule has 148 valence electrons. The highest BCUT2D eigenvalue weighted by molar-refractivity contribution is 14.0. The lowest BCUT2D eigenvalue weighted by atomic mass is 10.1. The van der Waals surface area contributed by atoms with E-state index in [4.69, 9.17) is 4.99 Å². The van der Waals surface area contributed by atoms with E-state index in [0.29, 0.717) is 18.5 Å². The molecule has 1 heterocycles. The van der Waals surface area contributed by atoms with E-state index in [-0.39, 0.29) is 35.9 Å². The fourth-order valence-corrected chi connectivity index (χ4v) is 3.20. The van der Waals surface area contributed by atoms with Crippen LogP contribution in [0.3, 0.4) is 0 Å². The number of amides is 1. The molecule has 0 aromatic heterocycles. The van der Waals surface area contributed by atoms with Crippen LogP contribution >= 0.6 is 24.0 Å². The lowest BCUT2D eigenvalue weighted by Gasteiger charge is -2.31. The van der Waals surface area contributed by atoms with Crippen molar-refractivity contribution in [2.45, 2.75) is 72.0 Å². The Morgan fingerprint density at radius 2 is 1.96 bits per heavy atom. The Morgan fingerprint density at radius 3 is 2.48 bits per heavy atom. The van der Waals surface area contributed by atoms with Crippen molar-refractivity contribution in [3.8, 4) is 0 Å². The first kappa shape index (κ1) is 24.4. The molecule has 0 aliphatic carbocycles. The molecule has 2 N–H and O–H groups in total. The zero-order valence-electron chi connectivity index (χ0n) is 16.8. The Balaban J connectivity index is 0.00000576. The summed E-state index contributed by atoms with van der Waals surface area (Å²) in [6.45, 7) is 14.5. The lowest BCUT2D eigenvalue weighted by molar-refractivity contribution is -0.132. The highest BCUT2D eigenvalue weighted by atomic mass is 127. The van der Waals surface area contributed by atoms with Crippen molar-refractivity contribution >= 4 is 35.8 Å². The predicted octanol–water partition coefficient (Wildman–Crippen LogP) is 2.29. The maximum atomic E-state index is 11.6. The van der Waals surface area contributed by atoms with Crippen LogP contribution in [-0.4, -0.2) is 73.0 Å². The summed E-state index contributed by atoms with van der Waals surface area (Å²) in [5.41, 5.74) is 0. The second-order valence-corrected chi connectivity index (χ2v) is 7.19. The van der Waals surface area contributed by atoms with E-state index in [1.165, 1.54) is 0 Å². The Bertz CT molecular complexity index is 406. The largest absolute Gasteiger partial charge is 0.357 e. The smallest absolute Gasteiger partial charge is 0.222 e. The van der Waals surface area contributed by atoms with Crippen LogP contribution < -0.4 is 10.6 Å². The van der Waals surface area contributed by atoms with E-state index in [1.807, 2.05) is 7.05 Å². The van der Waals surface area contributed by atoms with Crippen molar-refractivity contribution in [1.29, 1.82) is 0 Å². The molecule has 1 fully saturated rings. The minimum absolute atomic E-state index is 0. The van der Waals surface area contributed by atoms with Crippen molar-refractivity contribution in [2.24, 2.45) is 4.99 Å².